The Kier molecular flexibility index (Phi) is 1.21. The van der Waals surface area contributed by atoms with Gasteiger partial charge in [-0.3, -0.25) is 0 Å². The van der Waals surface area contributed by atoms with Crippen molar-refractivity contribution in [1.29, 1.82) is 5.26 Å². The van der Waals surface area contributed by atoms with Gasteiger partial charge in [0.25, 0.3) is 0 Å². The van der Waals surface area contributed by atoms with Gasteiger partial charge in [-0.15, -0.1) is 0 Å². The summed E-state index contributed by atoms with van der Waals surface area (Å²) in [6.07, 6.45) is 0.0694. The first-order chi connectivity index (χ1) is 6.33. The summed E-state index contributed by atoms with van der Waals surface area (Å²) < 4.78 is 5.56. The highest BCUT2D eigenvalue weighted by atomic mass is 35.5. The van der Waals surface area contributed by atoms with Gasteiger partial charge in [0.2, 0.25) is 0 Å². The lowest BCUT2D eigenvalue weighted by Gasteiger charge is -2.05. The van der Waals surface area contributed by atoms with E-state index in [1.54, 1.807) is 0 Å². The third-order valence-electron chi connectivity index (χ3n) is 2.71. The molecule has 1 heterocycles. The fourth-order valence-electron chi connectivity index (χ4n) is 2.00. The van der Waals surface area contributed by atoms with Gasteiger partial charge in [0.05, 0.1) is 17.0 Å². The van der Waals surface area contributed by atoms with Crippen LogP contribution in [0.25, 0.3) is 0 Å². The highest BCUT2D eigenvalue weighted by Gasteiger charge is 2.59. The van der Waals surface area contributed by atoms with Gasteiger partial charge in [0.1, 0.15) is 11.9 Å². The SMILES string of the molecule is N#C[C@H]1[C@H]2Oc3c(Cl)cccc3[C@@H]12. The van der Waals surface area contributed by atoms with Gasteiger partial charge in [-0.2, -0.15) is 5.26 Å². The number of hydrogen-bond donors (Lipinski definition) is 0. The van der Waals surface area contributed by atoms with Gasteiger partial charge >= 0.3 is 0 Å². The van der Waals surface area contributed by atoms with E-state index in [4.69, 9.17) is 21.6 Å². The van der Waals surface area contributed by atoms with Gasteiger partial charge in [0.15, 0.2) is 0 Å². The van der Waals surface area contributed by atoms with Crippen LogP contribution in [0.5, 0.6) is 5.75 Å². The fraction of sp³-hybridized carbons (Fsp3) is 0.300. The first-order valence-electron chi connectivity index (χ1n) is 4.17. The van der Waals surface area contributed by atoms with Crippen LogP contribution < -0.4 is 4.74 Å². The molecule has 0 spiro atoms. The molecular formula is C10H6ClNO. The van der Waals surface area contributed by atoms with Crippen molar-refractivity contribution in [3.63, 3.8) is 0 Å². The largest absolute Gasteiger partial charge is 0.486 e. The molecule has 2 aliphatic rings. The Morgan fingerprint density at radius 2 is 2.31 bits per heavy atom. The Morgan fingerprint density at radius 3 is 3.08 bits per heavy atom. The lowest BCUT2D eigenvalue weighted by molar-refractivity contribution is 0.307. The molecule has 13 heavy (non-hydrogen) atoms. The molecule has 1 aliphatic heterocycles. The zero-order valence-electron chi connectivity index (χ0n) is 6.70. The zero-order chi connectivity index (χ0) is 9.00. The third-order valence-corrected chi connectivity index (χ3v) is 3.01. The standard InChI is InChI=1S/C10H6ClNO/c11-7-3-1-2-5-8-6(4-12)10(8)13-9(5)7/h1-3,6,8,10H/t6-,8+,10-/m1/s1. The molecule has 64 valence electrons. The van der Waals surface area contributed by atoms with Crippen LogP contribution in [0.15, 0.2) is 18.2 Å². The number of para-hydroxylation sites is 1. The van der Waals surface area contributed by atoms with Crippen molar-refractivity contribution in [2.75, 3.05) is 0 Å². The minimum atomic E-state index is 0.0472. The zero-order valence-corrected chi connectivity index (χ0v) is 7.45. The van der Waals surface area contributed by atoms with Crippen LogP contribution >= 0.6 is 11.6 Å². The topological polar surface area (TPSA) is 33.0 Å². The van der Waals surface area contributed by atoms with E-state index < -0.39 is 0 Å². The molecule has 1 saturated carbocycles. The third kappa shape index (κ3) is 0.777. The van der Waals surface area contributed by atoms with Crippen molar-refractivity contribution >= 4 is 11.6 Å². The van der Waals surface area contributed by atoms with Gasteiger partial charge in [-0.1, -0.05) is 23.7 Å². The summed E-state index contributed by atoms with van der Waals surface area (Å²) in [4.78, 5) is 0. The molecule has 1 fully saturated rings. The number of nitrogens with zero attached hydrogens (tertiary/aromatic N) is 1. The number of halogens is 1. The molecule has 0 unspecified atom stereocenters. The van der Waals surface area contributed by atoms with E-state index in [9.17, 15) is 0 Å². The van der Waals surface area contributed by atoms with Crippen molar-refractivity contribution in [2.45, 2.75) is 12.0 Å². The molecular weight excluding hydrogens is 186 g/mol. The molecule has 1 aromatic rings. The minimum Gasteiger partial charge on any atom is -0.486 e. The summed E-state index contributed by atoms with van der Waals surface area (Å²) in [6, 6.07) is 7.94. The maximum Gasteiger partial charge on any atom is 0.142 e. The number of nitriles is 1. The maximum absolute atomic E-state index is 8.74. The first-order valence-corrected chi connectivity index (χ1v) is 4.55. The van der Waals surface area contributed by atoms with Crippen molar-refractivity contribution in [2.24, 2.45) is 5.92 Å². The molecule has 0 amide bonds. The van der Waals surface area contributed by atoms with Gasteiger partial charge < -0.3 is 4.74 Å². The quantitative estimate of drug-likeness (QED) is 0.631. The Bertz CT molecular complexity index is 423. The van der Waals surface area contributed by atoms with Crippen LogP contribution in [-0.2, 0) is 0 Å². The van der Waals surface area contributed by atoms with Gasteiger partial charge in [-0.25, -0.2) is 0 Å². The average Bonchev–Trinajstić information content (AvgIpc) is 2.70. The van der Waals surface area contributed by atoms with Crippen LogP contribution in [0.1, 0.15) is 11.5 Å². The Morgan fingerprint density at radius 1 is 1.46 bits per heavy atom. The molecule has 3 rings (SSSR count). The summed E-state index contributed by atoms with van der Waals surface area (Å²) in [6.45, 7) is 0. The summed E-state index contributed by atoms with van der Waals surface area (Å²) in [7, 11) is 0. The molecule has 3 atom stereocenters. The molecule has 0 aromatic heterocycles. The highest BCUT2D eigenvalue weighted by molar-refractivity contribution is 6.32. The summed E-state index contributed by atoms with van der Waals surface area (Å²) in [5.74, 6) is 1.11. The predicted molar refractivity (Wildman–Crippen MR) is 47.7 cm³/mol. The van der Waals surface area contributed by atoms with E-state index in [-0.39, 0.29) is 17.9 Å². The lowest BCUT2D eigenvalue weighted by atomic mass is 10.1. The van der Waals surface area contributed by atoms with E-state index >= 15 is 0 Å². The normalized spacial score (nSPS) is 32.8. The summed E-state index contributed by atoms with van der Waals surface area (Å²) >= 11 is 5.94. The minimum absolute atomic E-state index is 0.0472. The molecule has 1 aromatic carbocycles. The van der Waals surface area contributed by atoms with Crippen molar-refractivity contribution < 1.29 is 4.74 Å². The number of hydrogen-bond acceptors (Lipinski definition) is 2. The number of rotatable bonds is 0. The van der Waals surface area contributed by atoms with E-state index in [0.717, 1.165) is 11.3 Å². The number of ether oxygens (including phenoxy) is 1. The van der Waals surface area contributed by atoms with Crippen molar-refractivity contribution in [3.05, 3.63) is 28.8 Å². The molecule has 3 heteroatoms. The van der Waals surface area contributed by atoms with Crippen LogP contribution in [0.4, 0.5) is 0 Å². The molecule has 0 N–H and O–H groups in total. The highest BCUT2D eigenvalue weighted by Crippen LogP contribution is 2.59. The second kappa shape index (κ2) is 2.18. The molecule has 2 nitrogen and oxygen atoms in total. The molecule has 0 bridgehead atoms. The Hall–Kier alpha value is -1.20. The Balaban J connectivity index is 2.10. The second-order valence-corrected chi connectivity index (χ2v) is 3.83. The monoisotopic (exact) mass is 191 g/mol. The maximum atomic E-state index is 8.74. The smallest absolute Gasteiger partial charge is 0.142 e. The number of fused-ring (bicyclic) bond motifs is 3. The van der Waals surface area contributed by atoms with Crippen molar-refractivity contribution in [1.82, 2.24) is 0 Å². The summed E-state index contributed by atoms with van der Waals surface area (Å²) in [5, 5.41) is 9.40. The number of benzene rings is 1. The van der Waals surface area contributed by atoms with E-state index in [0.29, 0.717) is 5.02 Å². The van der Waals surface area contributed by atoms with Gasteiger partial charge in [-0.05, 0) is 6.07 Å². The molecule has 1 aliphatic carbocycles. The van der Waals surface area contributed by atoms with E-state index in [1.165, 1.54) is 0 Å². The van der Waals surface area contributed by atoms with Crippen LogP contribution in [-0.4, -0.2) is 6.10 Å². The fourth-order valence-corrected chi connectivity index (χ4v) is 2.23. The van der Waals surface area contributed by atoms with Crippen molar-refractivity contribution in [3.8, 4) is 11.8 Å². The van der Waals surface area contributed by atoms with E-state index in [2.05, 4.69) is 6.07 Å². The summed E-state index contributed by atoms with van der Waals surface area (Å²) in [5.41, 5.74) is 1.10. The second-order valence-electron chi connectivity index (χ2n) is 3.42. The Labute approximate surface area is 80.7 Å². The average molecular weight is 192 g/mol. The van der Waals surface area contributed by atoms with Gasteiger partial charge in [0, 0.05) is 11.5 Å². The van der Waals surface area contributed by atoms with Crippen LogP contribution in [0, 0.1) is 17.2 Å². The van der Waals surface area contributed by atoms with Crippen LogP contribution in [0.2, 0.25) is 5.02 Å². The first kappa shape index (κ1) is 7.23. The lowest BCUT2D eigenvalue weighted by Crippen LogP contribution is -1.97. The van der Waals surface area contributed by atoms with Crippen LogP contribution in [0.3, 0.4) is 0 Å². The van der Waals surface area contributed by atoms with E-state index in [1.807, 2.05) is 18.2 Å². The molecule has 0 saturated heterocycles. The molecule has 0 radical (unpaired) electrons. The predicted octanol–water partition coefficient (Wildman–Crippen LogP) is 2.34.